The van der Waals surface area contributed by atoms with E-state index in [-0.39, 0.29) is 24.6 Å². The summed E-state index contributed by atoms with van der Waals surface area (Å²) in [4.78, 5) is 3.81. The van der Waals surface area contributed by atoms with Gasteiger partial charge in [-0.2, -0.15) is 13.2 Å². The summed E-state index contributed by atoms with van der Waals surface area (Å²) >= 11 is 0. The Bertz CT molecular complexity index is 404. The fourth-order valence-electron chi connectivity index (χ4n) is 1.13. The third-order valence-corrected chi connectivity index (χ3v) is 1.98. The van der Waals surface area contributed by atoms with Crippen LogP contribution in [-0.2, 0) is 0 Å². The van der Waals surface area contributed by atoms with Crippen molar-refractivity contribution in [2.75, 3.05) is 6.61 Å². The molecule has 0 atom stereocenters. The molecule has 0 fully saturated rings. The molecule has 5 nitrogen and oxygen atoms in total. The molecule has 0 aliphatic rings. The number of oxime groups is 1. The lowest BCUT2D eigenvalue weighted by atomic mass is 10.3. The van der Waals surface area contributed by atoms with Crippen molar-refractivity contribution in [3.8, 4) is 5.75 Å². The van der Waals surface area contributed by atoms with Gasteiger partial charge in [0.2, 0.25) is 0 Å². The molecule has 0 spiro atoms. The smallest absolute Gasteiger partial charge is 0.389 e. The van der Waals surface area contributed by atoms with E-state index in [1.807, 2.05) is 0 Å². The number of halogens is 3. The zero-order valence-corrected chi connectivity index (χ0v) is 9.31. The summed E-state index contributed by atoms with van der Waals surface area (Å²) in [6.45, 7) is -0.0515. The summed E-state index contributed by atoms with van der Waals surface area (Å²) in [5, 5.41) is 11.1. The summed E-state index contributed by atoms with van der Waals surface area (Å²) < 4.78 is 40.6. The number of rotatable bonds is 5. The van der Waals surface area contributed by atoms with Crippen LogP contribution in [0.4, 0.5) is 13.2 Å². The largest absolute Gasteiger partial charge is 0.492 e. The van der Waals surface area contributed by atoms with Gasteiger partial charge in [-0.25, -0.2) is 4.98 Å². The van der Waals surface area contributed by atoms with Crippen molar-refractivity contribution < 1.29 is 23.1 Å². The summed E-state index contributed by atoms with van der Waals surface area (Å²) in [6, 6.07) is 2.92. The number of aromatic nitrogens is 1. The second-order valence-electron chi connectivity index (χ2n) is 3.43. The van der Waals surface area contributed by atoms with Crippen LogP contribution in [0.15, 0.2) is 23.5 Å². The lowest BCUT2D eigenvalue weighted by Crippen LogP contribution is -2.14. The molecule has 1 heterocycles. The minimum atomic E-state index is -4.17. The summed E-state index contributed by atoms with van der Waals surface area (Å²) in [5.41, 5.74) is 5.54. The third-order valence-electron chi connectivity index (χ3n) is 1.98. The Morgan fingerprint density at radius 3 is 2.67 bits per heavy atom. The molecule has 1 rings (SSSR count). The molecular formula is C10H12F3N3O2. The van der Waals surface area contributed by atoms with Crippen molar-refractivity contribution in [1.29, 1.82) is 0 Å². The van der Waals surface area contributed by atoms with E-state index in [4.69, 9.17) is 15.7 Å². The standard InChI is InChI=1S/C10H12F3N3O2/c11-10(12,13)4-1-5-18-7-2-3-8(15-6-7)9(14)16-17/h2-3,6,17H,1,4-5H2,(H2,14,16). The van der Waals surface area contributed by atoms with Crippen LogP contribution >= 0.6 is 0 Å². The molecule has 0 aliphatic heterocycles. The first-order chi connectivity index (χ1) is 8.42. The number of hydrogen-bond acceptors (Lipinski definition) is 4. The van der Waals surface area contributed by atoms with E-state index in [0.717, 1.165) is 0 Å². The third kappa shape index (κ3) is 4.89. The van der Waals surface area contributed by atoms with Crippen LogP contribution in [0, 0.1) is 0 Å². The molecule has 0 saturated carbocycles. The van der Waals surface area contributed by atoms with Gasteiger partial charge in [0.1, 0.15) is 11.4 Å². The van der Waals surface area contributed by atoms with Crippen LogP contribution in [0.3, 0.4) is 0 Å². The Balaban J connectivity index is 2.40. The molecule has 3 N–H and O–H groups in total. The van der Waals surface area contributed by atoms with Crippen molar-refractivity contribution in [3.63, 3.8) is 0 Å². The molecule has 0 unspecified atom stereocenters. The Morgan fingerprint density at radius 2 is 2.17 bits per heavy atom. The van der Waals surface area contributed by atoms with Crippen LogP contribution in [0.5, 0.6) is 5.75 Å². The highest BCUT2D eigenvalue weighted by atomic mass is 19.4. The van der Waals surface area contributed by atoms with Crippen LogP contribution < -0.4 is 10.5 Å². The van der Waals surface area contributed by atoms with Gasteiger partial charge in [0, 0.05) is 6.42 Å². The first-order valence-electron chi connectivity index (χ1n) is 5.06. The Morgan fingerprint density at radius 1 is 1.44 bits per heavy atom. The van der Waals surface area contributed by atoms with Gasteiger partial charge in [0.05, 0.1) is 12.8 Å². The second kappa shape index (κ2) is 6.08. The molecular weight excluding hydrogens is 251 g/mol. The summed E-state index contributed by atoms with van der Waals surface area (Å²) in [7, 11) is 0. The number of alkyl halides is 3. The maximum atomic E-state index is 11.8. The van der Waals surface area contributed by atoms with Gasteiger partial charge in [-0.05, 0) is 18.6 Å². The number of amidine groups is 1. The zero-order valence-electron chi connectivity index (χ0n) is 9.31. The molecule has 0 aromatic carbocycles. The quantitative estimate of drug-likeness (QED) is 0.279. The fourth-order valence-corrected chi connectivity index (χ4v) is 1.13. The molecule has 0 bridgehead atoms. The SMILES string of the molecule is N/C(=N/O)c1ccc(OCCCC(F)(F)F)cn1. The zero-order chi connectivity index (χ0) is 13.6. The van der Waals surface area contributed by atoms with Gasteiger partial charge in [-0.1, -0.05) is 5.16 Å². The van der Waals surface area contributed by atoms with E-state index in [1.54, 1.807) is 0 Å². The Kier molecular flexibility index (Phi) is 4.75. The average molecular weight is 263 g/mol. The van der Waals surface area contributed by atoms with Crippen LogP contribution in [0.25, 0.3) is 0 Å². The van der Waals surface area contributed by atoms with Crippen molar-refractivity contribution >= 4 is 5.84 Å². The van der Waals surface area contributed by atoms with Crippen molar-refractivity contribution in [2.45, 2.75) is 19.0 Å². The van der Waals surface area contributed by atoms with Crippen LogP contribution in [-0.4, -0.2) is 28.8 Å². The molecule has 0 amide bonds. The number of pyridine rings is 1. The van der Waals surface area contributed by atoms with E-state index >= 15 is 0 Å². The van der Waals surface area contributed by atoms with Crippen molar-refractivity contribution in [3.05, 3.63) is 24.0 Å². The highest BCUT2D eigenvalue weighted by Gasteiger charge is 2.26. The van der Waals surface area contributed by atoms with Crippen molar-refractivity contribution in [2.24, 2.45) is 10.9 Å². The average Bonchev–Trinajstić information content (AvgIpc) is 2.33. The fraction of sp³-hybridized carbons (Fsp3) is 0.400. The molecule has 0 saturated heterocycles. The Hall–Kier alpha value is -1.99. The predicted molar refractivity (Wildman–Crippen MR) is 57.5 cm³/mol. The van der Waals surface area contributed by atoms with E-state index in [2.05, 4.69) is 10.1 Å². The van der Waals surface area contributed by atoms with Gasteiger partial charge >= 0.3 is 6.18 Å². The minimum Gasteiger partial charge on any atom is -0.492 e. The first-order valence-corrected chi connectivity index (χ1v) is 5.06. The maximum absolute atomic E-state index is 11.8. The van der Waals surface area contributed by atoms with Gasteiger partial charge in [-0.15, -0.1) is 0 Å². The number of nitrogens with zero attached hydrogens (tertiary/aromatic N) is 2. The lowest BCUT2D eigenvalue weighted by Gasteiger charge is -2.08. The van der Waals surface area contributed by atoms with Crippen LogP contribution in [0.2, 0.25) is 0 Å². The van der Waals surface area contributed by atoms with Gasteiger partial charge in [0.15, 0.2) is 5.84 Å². The molecule has 1 aromatic heterocycles. The number of nitrogens with two attached hydrogens (primary N) is 1. The summed E-state index contributed by atoms with van der Waals surface area (Å²) in [6.07, 6.45) is -3.88. The topological polar surface area (TPSA) is 80.7 Å². The van der Waals surface area contributed by atoms with Gasteiger partial charge < -0.3 is 15.7 Å². The molecule has 18 heavy (non-hydrogen) atoms. The molecule has 100 valence electrons. The second-order valence-corrected chi connectivity index (χ2v) is 3.43. The highest BCUT2D eigenvalue weighted by Crippen LogP contribution is 2.21. The molecule has 0 radical (unpaired) electrons. The van der Waals surface area contributed by atoms with Crippen molar-refractivity contribution in [1.82, 2.24) is 4.98 Å². The van der Waals surface area contributed by atoms with Gasteiger partial charge in [-0.3, -0.25) is 0 Å². The number of ether oxygens (including phenoxy) is 1. The predicted octanol–water partition coefficient (Wildman–Crippen LogP) is 1.90. The molecule has 1 aromatic rings. The number of hydrogen-bond donors (Lipinski definition) is 2. The molecule has 8 heteroatoms. The monoisotopic (exact) mass is 263 g/mol. The Labute approximate surface area is 101 Å². The normalized spacial score (nSPS) is 12.5. The maximum Gasteiger partial charge on any atom is 0.389 e. The molecule has 0 aliphatic carbocycles. The van der Waals surface area contributed by atoms with E-state index in [1.165, 1.54) is 18.3 Å². The van der Waals surface area contributed by atoms with E-state index in [9.17, 15) is 13.2 Å². The summed E-state index contributed by atoms with van der Waals surface area (Å²) in [5.74, 6) is 0.172. The van der Waals surface area contributed by atoms with Crippen LogP contribution in [0.1, 0.15) is 18.5 Å². The highest BCUT2D eigenvalue weighted by molar-refractivity contribution is 5.95. The van der Waals surface area contributed by atoms with E-state index < -0.39 is 12.6 Å². The lowest BCUT2D eigenvalue weighted by molar-refractivity contribution is -0.136. The van der Waals surface area contributed by atoms with Gasteiger partial charge in [0.25, 0.3) is 0 Å². The van der Waals surface area contributed by atoms with E-state index in [0.29, 0.717) is 5.75 Å². The first kappa shape index (κ1) is 14.1. The minimum absolute atomic E-state index is 0.0515.